The van der Waals surface area contributed by atoms with Crippen molar-refractivity contribution in [3.05, 3.63) is 113 Å². The van der Waals surface area contributed by atoms with Gasteiger partial charge in [0.2, 0.25) is 0 Å². The van der Waals surface area contributed by atoms with E-state index in [4.69, 9.17) is 9.47 Å². The van der Waals surface area contributed by atoms with Gasteiger partial charge in [0, 0.05) is 41.7 Å². The first kappa shape index (κ1) is 25.5. The van der Waals surface area contributed by atoms with Crippen molar-refractivity contribution in [2.45, 2.75) is 36.1 Å². The topological polar surface area (TPSA) is 62.2 Å². The molecule has 4 heterocycles. The second kappa shape index (κ2) is 8.56. The number of hydrogen-bond donors (Lipinski definition) is 1. The Balaban J connectivity index is 1.40. The zero-order valence-electron chi connectivity index (χ0n) is 24.4. The summed E-state index contributed by atoms with van der Waals surface area (Å²) in [7, 11) is 3.38. The number of carbonyl (C=O) groups excluding carboxylic acids is 1. The van der Waals surface area contributed by atoms with Crippen molar-refractivity contribution in [2.75, 3.05) is 33.9 Å². The maximum absolute atomic E-state index is 15.6. The van der Waals surface area contributed by atoms with Gasteiger partial charge in [-0.3, -0.25) is 14.6 Å². The van der Waals surface area contributed by atoms with Gasteiger partial charge in [0.1, 0.15) is 17.0 Å². The lowest BCUT2D eigenvalue weighted by atomic mass is 9.56. The summed E-state index contributed by atoms with van der Waals surface area (Å²) in [5.41, 5.74) is 1.38. The Hall–Kier alpha value is -3.97. The first-order valence-electron chi connectivity index (χ1n) is 15.3. The van der Waals surface area contributed by atoms with Gasteiger partial charge >= 0.3 is 0 Å². The second-order valence-corrected chi connectivity index (χ2v) is 12.8. The van der Waals surface area contributed by atoms with Crippen LogP contribution in [0.3, 0.4) is 0 Å². The van der Waals surface area contributed by atoms with Crippen molar-refractivity contribution in [3.8, 4) is 11.5 Å². The lowest BCUT2D eigenvalue weighted by Gasteiger charge is -2.48. The third-order valence-corrected chi connectivity index (χ3v) is 11.4. The molecule has 1 unspecified atom stereocenters. The minimum Gasteiger partial charge on any atom is -0.496 e. The molecule has 0 radical (unpaired) electrons. The van der Waals surface area contributed by atoms with Gasteiger partial charge in [-0.25, -0.2) is 0 Å². The quantitative estimate of drug-likeness (QED) is 0.330. The van der Waals surface area contributed by atoms with Crippen LogP contribution in [-0.4, -0.2) is 60.6 Å². The number of aliphatic hydroxyl groups is 1. The van der Waals surface area contributed by atoms with Gasteiger partial charge in [0.15, 0.2) is 11.5 Å². The molecule has 4 fully saturated rings. The molecule has 2 bridgehead atoms. The standard InChI is InChI=1S/C37H34N2O4/c1-42-30-17-5-3-10-24(30)20-25-21-38-22-35(34(25)40)33(26-13-4-6-18-31(26)43-2)29-16-9-19-39(29)36(35)27-14-7-11-23-12-8-15-28(32(23)27)37(36,38)41/h3-8,10-15,17-18,20,29,33,41H,9,16,19,21-22H2,1-2H3/b25-20+/t29-,33-,35+,36-,37-/m0/s1. The highest BCUT2D eigenvalue weighted by Gasteiger charge is 2.87. The summed E-state index contributed by atoms with van der Waals surface area (Å²) in [4.78, 5) is 20.4. The number of ketones is 1. The summed E-state index contributed by atoms with van der Waals surface area (Å²) in [5.74, 6) is 1.49. The maximum Gasteiger partial charge on any atom is 0.170 e. The molecule has 4 aromatic carbocycles. The van der Waals surface area contributed by atoms with Crippen molar-refractivity contribution >= 4 is 22.6 Å². The van der Waals surface area contributed by atoms with Crippen LogP contribution in [0.2, 0.25) is 0 Å². The number of fused-ring (bicyclic) bond motifs is 4. The average molecular weight is 571 g/mol. The second-order valence-electron chi connectivity index (χ2n) is 12.8. The molecule has 6 atom stereocenters. The Labute approximate surface area is 251 Å². The Bertz CT molecular complexity index is 1880. The smallest absolute Gasteiger partial charge is 0.170 e. The number of hydrogen-bond acceptors (Lipinski definition) is 6. The van der Waals surface area contributed by atoms with Gasteiger partial charge in [-0.2, -0.15) is 0 Å². The highest BCUT2D eigenvalue weighted by atomic mass is 16.5. The van der Waals surface area contributed by atoms with Crippen LogP contribution in [0.4, 0.5) is 0 Å². The molecular formula is C37H34N2O4. The number of para-hydroxylation sites is 2. The van der Waals surface area contributed by atoms with E-state index in [1.54, 1.807) is 14.2 Å². The molecule has 216 valence electrons. The number of Topliss-reactive ketones (excluding diaryl/α,β-unsaturated/α-hetero) is 1. The summed E-state index contributed by atoms with van der Waals surface area (Å²) >= 11 is 0. The van der Waals surface area contributed by atoms with Crippen molar-refractivity contribution in [3.63, 3.8) is 0 Å². The van der Waals surface area contributed by atoms with E-state index in [1.807, 2.05) is 42.5 Å². The molecule has 9 rings (SSSR count). The summed E-state index contributed by atoms with van der Waals surface area (Å²) in [6.07, 6.45) is 3.99. The Morgan fingerprint density at radius 1 is 0.884 bits per heavy atom. The molecule has 0 saturated carbocycles. The molecular weight excluding hydrogens is 536 g/mol. The van der Waals surface area contributed by atoms with E-state index in [-0.39, 0.29) is 17.7 Å². The maximum atomic E-state index is 15.6. The Kier molecular flexibility index (Phi) is 5.08. The van der Waals surface area contributed by atoms with Crippen LogP contribution in [0.25, 0.3) is 16.8 Å². The Morgan fingerprint density at radius 3 is 2.40 bits per heavy atom. The predicted octanol–water partition coefficient (Wildman–Crippen LogP) is 5.44. The first-order chi connectivity index (χ1) is 21.0. The molecule has 0 amide bonds. The lowest BCUT2D eigenvalue weighted by molar-refractivity contribution is -0.173. The SMILES string of the molecule is COc1ccccc1/C=C1\CN2C[C@]3(C1=O)[C@@H](c1ccccc1OC)[C@@H]1CCCN1[C@@]31c3cccc4cccc(c34)[C@@]21O. The van der Waals surface area contributed by atoms with E-state index in [2.05, 4.69) is 58.3 Å². The summed E-state index contributed by atoms with van der Waals surface area (Å²) in [5, 5.41) is 15.8. The minimum absolute atomic E-state index is 0.0871. The van der Waals surface area contributed by atoms with Crippen LogP contribution in [0, 0.1) is 5.41 Å². The van der Waals surface area contributed by atoms with Crippen LogP contribution in [-0.2, 0) is 16.1 Å². The number of rotatable bonds is 4. The molecule has 1 N–H and O–H groups in total. The van der Waals surface area contributed by atoms with Crippen LogP contribution >= 0.6 is 0 Å². The molecule has 6 nitrogen and oxygen atoms in total. The number of benzene rings is 4. The zero-order valence-corrected chi connectivity index (χ0v) is 24.4. The number of ether oxygens (including phenoxy) is 2. The van der Waals surface area contributed by atoms with Gasteiger partial charge in [0.25, 0.3) is 0 Å². The van der Waals surface area contributed by atoms with Gasteiger partial charge in [0.05, 0.1) is 19.6 Å². The molecule has 43 heavy (non-hydrogen) atoms. The molecule has 5 aliphatic rings. The molecule has 4 aliphatic heterocycles. The number of methoxy groups -OCH3 is 2. The number of carbonyl (C=O) groups is 1. The fourth-order valence-corrected chi connectivity index (χ4v) is 10.2. The van der Waals surface area contributed by atoms with Crippen molar-refractivity contribution in [2.24, 2.45) is 5.41 Å². The summed E-state index contributed by atoms with van der Waals surface area (Å²) in [6.45, 7) is 1.67. The molecule has 1 aliphatic carbocycles. The fraction of sp³-hybridized carbons (Fsp3) is 0.324. The monoisotopic (exact) mass is 570 g/mol. The van der Waals surface area contributed by atoms with Gasteiger partial charge in [-0.05, 0) is 59.5 Å². The average Bonchev–Trinajstić information content (AvgIpc) is 3.71. The number of nitrogens with zero attached hydrogens (tertiary/aromatic N) is 2. The zero-order chi connectivity index (χ0) is 29.1. The molecule has 2 spiro atoms. The molecule has 4 saturated heterocycles. The van der Waals surface area contributed by atoms with Gasteiger partial charge < -0.3 is 14.6 Å². The van der Waals surface area contributed by atoms with Crippen molar-refractivity contribution in [1.82, 2.24) is 9.80 Å². The van der Waals surface area contributed by atoms with Gasteiger partial charge in [-0.1, -0.05) is 72.8 Å². The third kappa shape index (κ3) is 2.71. The summed E-state index contributed by atoms with van der Waals surface area (Å²) < 4.78 is 11.7. The molecule has 4 aromatic rings. The Morgan fingerprint density at radius 2 is 1.60 bits per heavy atom. The number of piperidine rings is 1. The van der Waals surface area contributed by atoms with Crippen LogP contribution in [0.15, 0.2) is 90.5 Å². The van der Waals surface area contributed by atoms with E-state index in [0.717, 1.165) is 63.9 Å². The first-order valence-corrected chi connectivity index (χ1v) is 15.3. The van der Waals surface area contributed by atoms with E-state index in [0.29, 0.717) is 18.7 Å². The highest BCUT2D eigenvalue weighted by molar-refractivity contribution is 6.10. The normalized spacial score (nSPS) is 34.4. The van der Waals surface area contributed by atoms with E-state index < -0.39 is 16.7 Å². The third-order valence-electron chi connectivity index (χ3n) is 11.4. The predicted molar refractivity (Wildman–Crippen MR) is 165 cm³/mol. The minimum atomic E-state index is -1.37. The lowest BCUT2D eigenvalue weighted by Crippen LogP contribution is -2.61. The van der Waals surface area contributed by atoms with Crippen LogP contribution < -0.4 is 9.47 Å². The van der Waals surface area contributed by atoms with Crippen molar-refractivity contribution in [1.29, 1.82) is 0 Å². The van der Waals surface area contributed by atoms with Gasteiger partial charge in [-0.15, -0.1) is 0 Å². The van der Waals surface area contributed by atoms with Crippen LogP contribution in [0.5, 0.6) is 11.5 Å². The molecule has 0 aromatic heterocycles. The highest BCUT2D eigenvalue weighted by Crippen LogP contribution is 2.79. The van der Waals surface area contributed by atoms with E-state index in [1.165, 1.54) is 0 Å². The van der Waals surface area contributed by atoms with E-state index in [9.17, 15) is 5.11 Å². The van der Waals surface area contributed by atoms with Crippen molar-refractivity contribution < 1.29 is 19.4 Å². The largest absolute Gasteiger partial charge is 0.496 e. The summed E-state index contributed by atoms with van der Waals surface area (Å²) in [6, 6.07) is 28.8. The van der Waals surface area contributed by atoms with E-state index >= 15 is 4.79 Å². The molecule has 6 heteroatoms. The van der Waals surface area contributed by atoms with Crippen LogP contribution in [0.1, 0.15) is 41.0 Å². The fourth-order valence-electron chi connectivity index (χ4n) is 10.2.